The molecule has 1 N–H and O–H groups in total. The molecule has 164 valence electrons. The Labute approximate surface area is 183 Å². The molecule has 2 amide bonds. The molecule has 3 aliphatic rings. The Morgan fingerprint density at radius 2 is 1.81 bits per heavy atom. The van der Waals surface area contributed by atoms with Gasteiger partial charge in [0.15, 0.2) is 0 Å². The molecule has 1 saturated carbocycles. The molecule has 7 heteroatoms. The minimum Gasteiger partial charge on any atom is -0.347 e. The van der Waals surface area contributed by atoms with Gasteiger partial charge >= 0.3 is 0 Å². The highest BCUT2D eigenvalue weighted by Crippen LogP contribution is 2.41. The second-order valence-electron chi connectivity index (χ2n) is 9.52. The van der Waals surface area contributed by atoms with Crippen molar-refractivity contribution in [1.82, 2.24) is 25.0 Å². The van der Waals surface area contributed by atoms with Gasteiger partial charge in [-0.15, -0.1) is 10.2 Å². The van der Waals surface area contributed by atoms with Crippen LogP contribution in [0.1, 0.15) is 67.0 Å². The number of amides is 2. The molecule has 1 atom stereocenters. The van der Waals surface area contributed by atoms with Crippen LogP contribution < -0.4 is 5.32 Å². The predicted octanol–water partition coefficient (Wildman–Crippen LogP) is 2.75. The van der Waals surface area contributed by atoms with Gasteiger partial charge in [-0.3, -0.25) is 9.59 Å². The van der Waals surface area contributed by atoms with Crippen molar-refractivity contribution in [3.63, 3.8) is 0 Å². The van der Waals surface area contributed by atoms with Crippen molar-refractivity contribution in [3.05, 3.63) is 47.5 Å². The van der Waals surface area contributed by atoms with Crippen LogP contribution in [0, 0.1) is 5.41 Å². The van der Waals surface area contributed by atoms with Crippen LogP contribution in [-0.4, -0.2) is 50.6 Å². The Bertz CT molecular complexity index is 950. The first kappa shape index (κ1) is 20.2. The van der Waals surface area contributed by atoms with E-state index in [1.54, 1.807) is 0 Å². The van der Waals surface area contributed by atoms with Crippen molar-refractivity contribution in [2.45, 2.75) is 70.4 Å². The van der Waals surface area contributed by atoms with Crippen LogP contribution in [0.3, 0.4) is 0 Å². The molecule has 0 bridgehead atoms. The second kappa shape index (κ2) is 8.44. The lowest BCUT2D eigenvalue weighted by atomic mass is 9.80. The van der Waals surface area contributed by atoms with Crippen LogP contribution in [0.15, 0.2) is 30.3 Å². The van der Waals surface area contributed by atoms with Crippen LogP contribution in [-0.2, 0) is 24.2 Å². The number of fused-ring (bicyclic) bond motifs is 1. The summed E-state index contributed by atoms with van der Waals surface area (Å²) in [5, 5.41) is 11.7. The molecular formula is C24H31N5O2. The Morgan fingerprint density at radius 3 is 2.61 bits per heavy atom. The summed E-state index contributed by atoms with van der Waals surface area (Å²) in [7, 11) is 0. The lowest BCUT2D eigenvalue weighted by molar-refractivity contribution is -0.129. The molecular weight excluding hydrogens is 390 g/mol. The van der Waals surface area contributed by atoms with E-state index in [1.807, 2.05) is 39.8 Å². The number of carbonyl (C=O) groups is 2. The quantitative estimate of drug-likeness (QED) is 0.823. The molecule has 1 aliphatic carbocycles. The number of hydrogen-bond acceptors (Lipinski definition) is 4. The van der Waals surface area contributed by atoms with Crippen molar-refractivity contribution < 1.29 is 9.59 Å². The molecule has 0 radical (unpaired) electrons. The van der Waals surface area contributed by atoms with Gasteiger partial charge in [-0.1, -0.05) is 43.2 Å². The summed E-state index contributed by atoms with van der Waals surface area (Å²) in [6.07, 6.45) is 8.73. The van der Waals surface area contributed by atoms with Gasteiger partial charge in [0.2, 0.25) is 11.7 Å². The van der Waals surface area contributed by atoms with Gasteiger partial charge in [-0.05, 0) is 43.1 Å². The maximum atomic E-state index is 12.8. The van der Waals surface area contributed by atoms with Crippen LogP contribution >= 0.6 is 0 Å². The average Bonchev–Trinajstić information content (AvgIpc) is 3.50. The van der Waals surface area contributed by atoms with E-state index in [4.69, 9.17) is 0 Å². The molecule has 1 aromatic carbocycles. The largest absolute Gasteiger partial charge is 0.347 e. The van der Waals surface area contributed by atoms with E-state index in [2.05, 4.69) is 15.5 Å². The average molecular weight is 422 g/mol. The zero-order valence-electron chi connectivity index (χ0n) is 18.1. The van der Waals surface area contributed by atoms with E-state index in [0.29, 0.717) is 12.2 Å². The topological polar surface area (TPSA) is 80.1 Å². The molecule has 2 aromatic rings. The van der Waals surface area contributed by atoms with Crippen LogP contribution in [0.2, 0.25) is 0 Å². The van der Waals surface area contributed by atoms with Crippen molar-refractivity contribution in [2.24, 2.45) is 5.41 Å². The lowest BCUT2D eigenvalue weighted by Gasteiger charge is -2.27. The minimum absolute atomic E-state index is 0.0901. The first-order chi connectivity index (χ1) is 15.1. The van der Waals surface area contributed by atoms with Gasteiger partial charge in [-0.25, -0.2) is 0 Å². The number of benzene rings is 1. The van der Waals surface area contributed by atoms with E-state index < -0.39 is 0 Å². The second-order valence-corrected chi connectivity index (χ2v) is 9.52. The lowest BCUT2D eigenvalue weighted by Crippen LogP contribution is -2.35. The number of nitrogens with zero attached hydrogens (tertiary/aromatic N) is 4. The zero-order valence-corrected chi connectivity index (χ0v) is 18.1. The summed E-state index contributed by atoms with van der Waals surface area (Å²) in [6.45, 7) is 2.37. The molecule has 2 aliphatic heterocycles. The van der Waals surface area contributed by atoms with E-state index in [9.17, 15) is 9.59 Å². The highest BCUT2D eigenvalue weighted by atomic mass is 16.2. The fraction of sp³-hybridized carbons (Fsp3) is 0.583. The number of hydrogen-bond donors (Lipinski definition) is 1. The third-order valence-corrected chi connectivity index (χ3v) is 7.45. The van der Waals surface area contributed by atoms with Crippen LogP contribution in [0.5, 0.6) is 0 Å². The highest BCUT2D eigenvalue weighted by molar-refractivity contribution is 5.91. The Morgan fingerprint density at radius 1 is 1.03 bits per heavy atom. The first-order valence-electron chi connectivity index (χ1n) is 11.7. The number of carbonyl (C=O) groups excluding carboxylic acids is 2. The molecule has 7 nitrogen and oxygen atoms in total. The number of likely N-dealkylation sites (tertiary alicyclic amines) is 1. The van der Waals surface area contributed by atoms with Gasteiger partial charge in [0.1, 0.15) is 5.82 Å². The minimum atomic E-state index is -0.0901. The van der Waals surface area contributed by atoms with Gasteiger partial charge in [0.25, 0.3) is 5.91 Å². The summed E-state index contributed by atoms with van der Waals surface area (Å²) >= 11 is 0. The number of rotatable bonds is 4. The summed E-state index contributed by atoms with van der Waals surface area (Å²) < 4.78 is 2.02. The first-order valence-corrected chi connectivity index (χ1v) is 11.7. The van der Waals surface area contributed by atoms with Gasteiger partial charge in [0, 0.05) is 32.1 Å². The molecule has 1 spiro atoms. The van der Waals surface area contributed by atoms with Crippen LogP contribution in [0.4, 0.5) is 0 Å². The van der Waals surface area contributed by atoms with Crippen molar-refractivity contribution >= 4 is 11.8 Å². The molecule has 0 unspecified atom stereocenters. The van der Waals surface area contributed by atoms with Crippen LogP contribution in [0.25, 0.3) is 0 Å². The maximum Gasteiger partial charge on any atom is 0.289 e. The van der Waals surface area contributed by atoms with Gasteiger partial charge < -0.3 is 14.8 Å². The van der Waals surface area contributed by atoms with E-state index in [1.165, 1.54) is 12.8 Å². The molecule has 2 fully saturated rings. The Balaban J connectivity index is 1.22. The summed E-state index contributed by atoms with van der Waals surface area (Å²) in [6, 6.07) is 10.2. The third-order valence-electron chi connectivity index (χ3n) is 7.45. The Hall–Kier alpha value is -2.70. The van der Waals surface area contributed by atoms with E-state index in [-0.39, 0.29) is 23.3 Å². The smallest absolute Gasteiger partial charge is 0.289 e. The van der Waals surface area contributed by atoms with E-state index >= 15 is 0 Å². The SMILES string of the molecule is O=C(NC1CCCC1)c1nnc2n1CC[C@@]1(CC2)CCN(C(=O)Cc2ccccc2)C1. The molecule has 3 heterocycles. The predicted molar refractivity (Wildman–Crippen MR) is 116 cm³/mol. The summed E-state index contributed by atoms with van der Waals surface area (Å²) in [5.74, 6) is 1.48. The maximum absolute atomic E-state index is 12.8. The molecule has 5 rings (SSSR count). The zero-order chi connectivity index (χ0) is 21.3. The van der Waals surface area contributed by atoms with Crippen molar-refractivity contribution in [2.75, 3.05) is 13.1 Å². The summed E-state index contributed by atoms with van der Waals surface area (Å²) in [4.78, 5) is 27.7. The van der Waals surface area contributed by atoms with E-state index in [0.717, 1.165) is 69.5 Å². The fourth-order valence-electron chi connectivity index (χ4n) is 5.53. The normalized spacial score (nSPS) is 23.7. The van der Waals surface area contributed by atoms with Gasteiger partial charge in [-0.2, -0.15) is 0 Å². The number of aryl methyl sites for hydroxylation is 1. The number of nitrogens with one attached hydrogen (secondary N) is 1. The third kappa shape index (κ3) is 4.23. The monoisotopic (exact) mass is 421 g/mol. The fourth-order valence-corrected chi connectivity index (χ4v) is 5.53. The van der Waals surface area contributed by atoms with Crippen molar-refractivity contribution in [3.8, 4) is 0 Å². The molecule has 1 saturated heterocycles. The Kier molecular flexibility index (Phi) is 5.50. The van der Waals surface area contributed by atoms with Crippen molar-refractivity contribution in [1.29, 1.82) is 0 Å². The molecule has 31 heavy (non-hydrogen) atoms. The summed E-state index contributed by atoms with van der Waals surface area (Å²) in [5.41, 5.74) is 1.19. The number of aromatic nitrogens is 3. The molecule has 1 aromatic heterocycles. The van der Waals surface area contributed by atoms with Gasteiger partial charge in [0.05, 0.1) is 6.42 Å². The standard InChI is InChI=1S/C24H31N5O2/c30-21(16-18-6-2-1-3-7-18)28-14-12-24(17-28)11-10-20-26-27-22(29(20)15-13-24)23(31)25-19-8-4-5-9-19/h1-3,6-7,19H,4-5,8-17H2,(H,25,31)/t24-/m1/s1. The highest BCUT2D eigenvalue weighted by Gasteiger charge is 2.41.